The maximum atomic E-state index is 14.9. The number of hydrogen-bond acceptors (Lipinski definition) is 6. The van der Waals surface area contributed by atoms with Crippen LogP contribution in [0.5, 0.6) is 5.75 Å². The Kier molecular flexibility index (Phi) is 6.21. The van der Waals surface area contributed by atoms with Crippen molar-refractivity contribution in [2.24, 2.45) is 5.92 Å². The van der Waals surface area contributed by atoms with Crippen molar-refractivity contribution in [1.82, 2.24) is 4.90 Å². The van der Waals surface area contributed by atoms with E-state index in [2.05, 4.69) is 5.32 Å². The van der Waals surface area contributed by atoms with E-state index >= 15 is 0 Å². The molecule has 4 unspecified atom stereocenters. The number of fused-ring (bicyclic) bond motifs is 6. The quantitative estimate of drug-likeness (QED) is 0.293. The lowest BCUT2D eigenvalue weighted by Crippen LogP contribution is -2.49. The van der Waals surface area contributed by atoms with Crippen LogP contribution in [-0.4, -0.2) is 35.0 Å². The molecule has 0 aromatic heterocycles. The molecule has 0 aliphatic carbocycles. The zero-order valence-corrected chi connectivity index (χ0v) is 23.4. The van der Waals surface area contributed by atoms with E-state index in [4.69, 9.17) is 4.74 Å². The molecule has 1 amide bonds. The number of carbonyl (C=O) groups is 3. The highest BCUT2D eigenvalue weighted by Gasteiger charge is 2.70. The number of carbonyl (C=O) groups excluding carboxylic acids is 3. The van der Waals surface area contributed by atoms with Gasteiger partial charge in [-0.15, -0.1) is 0 Å². The summed E-state index contributed by atoms with van der Waals surface area (Å²) in [5, 5.41) is 12.2. The minimum absolute atomic E-state index is 0.236. The number of hydrogen-bond donors (Lipinski definition) is 1. The Morgan fingerprint density at radius 3 is 2.47 bits per heavy atom. The van der Waals surface area contributed by atoms with E-state index in [1.54, 1.807) is 36.4 Å². The zero-order chi connectivity index (χ0) is 29.7. The van der Waals surface area contributed by atoms with E-state index in [1.807, 2.05) is 90.8 Å². The molecule has 3 heterocycles. The summed E-state index contributed by atoms with van der Waals surface area (Å²) in [6, 6.07) is 29.5. The van der Waals surface area contributed by atoms with Gasteiger partial charge in [-0.2, -0.15) is 5.26 Å². The summed E-state index contributed by atoms with van der Waals surface area (Å²) in [6.07, 6.45) is 3.77. The van der Waals surface area contributed by atoms with Crippen molar-refractivity contribution in [3.05, 3.63) is 137 Å². The second kappa shape index (κ2) is 10.1. The van der Waals surface area contributed by atoms with Gasteiger partial charge in [-0.3, -0.25) is 14.4 Å². The van der Waals surface area contributed by atoms with Crippen molar-refractivity contribution in [3.63, 3.8) is 0 Å². The Morgan fingerprint density at radius 1 is 0.930 bits per heavy atom. The fraction of sp³-hybridized carbons (Fsp3) is 0.167. The van der Waals surface area contributed by atoms with Crippen molar-refractivity contribution < 1.29 is 19.1 Å². The molecule has 7 nitrogen and oxygen atoms in total. The molecule has 0 saturated carbocycles. The molecule has 3 aliphatic heterocycles. The normalized spacial score (nSPS) is 22.7. The van der Waals surface area contributed by atoms with Crippen LogP contribution < -0.4 is 10.1 Å². The summed E-state index contributed by atoms with van der Waals surface area (Å²) in [7, 11) is 0. The van der Waals surface area contributed by atoms with Crippen LogP contribution in [0.3, 0.4) is 0 Å². The summed E-state index contributed by atoms with van der Waals surface area (Å²) in [5.74, 6) is -1.80. The first-order valence-electron chi connectivity index (χ1n) is 14.2. The average molecular weight is 566 g/mol. The molecule has 1 spiro atoms. The molecule has 4 atom stereocenters. The number of nitrogens with zero attached hydrogens (tertiary/aromatic N) is 2. The van der Waals surface area contributed by atoms with Crippen LogP contribution in [0.15, 0.2) is 103 Å². The lowest BCUT2D eigenvalue weighted by atomic mass is 9.62. The van der Waals surface area contributed by atoms with Gasteiger partial charge in [0.1, 0.15) is 23.3 Å². The molecule has 0 bridgehead atoms. The first-order valence-corrected chi connectivity index (χ1v) is 14.2. The smallest absolute Gasteiger partial charge is 0.238 e. The number of aryl methyl sites for hydroxylation is 1. The number of nitrogens with one attached hydrogen (secondary N) is 1. The number of nitriles is 1. The van der Waals surface area contributed by atoms with Gasteiger partial charge in [0.25, 0.3) is 0 Å². The third-order valence-electron chi connectivity index (χ3n) is 8.90. The van der Waals surface area contributed by atoms with Crippen molar-refractivity contribution in [2.75, 3.05) is 11.9 Å². The van der Waals surface area contributed by atoms with E-state index in [0.717, 1.165) is 16.7 Å². The van der Waals surface area contributed by atoms with E-state index in [0.29, 0.717) is 16.8 Å². The Morgan fingerprint density at radius 2 is 1.65 bits per heavy atom. The van der Waals surface area contributed by atoms with Gasteiger partial charge in [0.05, 0.1) is 17.5 Å². The third-order valence-corrected chi connectivity index (χ3v) is 8.90. The third kappa shape index (κ3) is 3.84. The molecule has 7 heteroatoms. The minimum Gasteiger partial charge on any atom is -0.478 e. The summed E-state index contributed by atoms with van der Waals surface area (Å²) in [4.78, 5) is 46.2. The first-order chi connectivity index (χ1) is 21.0. The van der Waals surface area contributed by atoms with Gasteiger partial charge in [0, 0.05) is 17.5 Å². The van der Waals surface area contributed by atoms with E-state index in [1.165, 1.54) is 0 Å². The molecule has 4 aromatic rings. The van der Waals surface area contributed by atoms with Crippen molar-refractivity contribution in [1.29, 1.82) is 5.26 Å². The SMILES string of the molecule is Cc1ccc(C(=O)C2C(C(=O)c3ccccc3OCC#N)N3C=Cc4ccccc4C3C23C(=O)Nc2ccccc23)cc1. The Hall–Kier alpha value is -5.48. The predicted molar refractivity (Wildman–Crippen MR) is 161 cm³/mol. The molecule has 0 radical (unpaired) electrons. The fourth-order valence-corrected chi connectivity index (χ4v) is 7.13. The number of amides is 1. The van der Waals surface area contributed by atoms with Crippen molar-refractivity contribution in [3.8, 4) is 11.8 Å². The van der Waals surface area contributed by atoms with E-state index < -0.39 is 23.4 Å². The molecule has 4 aromatic carbocycles. The average Bonchev–Trinajstić information content (AvgIpc) is 3.52. The second-order valence-corrected chi connectivity index (χ2v) is 11.1. The van der Waals surface area contributed by atoms with Gasteiger partial charge in [0.15, 0.2) is 18.2 Å². The molecule has 3 aliphatic rings. The number of ketones is 2. The molecular weight excluding hydrogens is 538 g/mol. The summed E-state index contributed by atoms with van der Waals surface area (Å²) < 4.78 is 5.66. The maximum absolute atomic E-state index is 14.9. The molecule has 7 rings (SSSR count). The molecule has 1 fully saturated rings. The predicted octanol–water partition coefficient (Wildman–Crippen LogP) is 5.88. The fourth-order valence-electron chi connectivity index (χ4n) is 7.13. The van der Waals surface area contributed by atoms with Gasteiger partial charge in [-0.25, -0.2) is 0 Å². The van der Waals surface area contributed by atoms with E-state index in [9.17, 15) is 19.6 Å². The van der Waals surface area contributed by atoms with Crippen LogP contribution in [0.2, 0.25) is 0 Å². The number of para-hydroxylation sites is 2. The number of benzene rings is 4. The minimum atomic E-state index is -1.41. The summed E-state index contributed by atoms with van der Waals surface area (Å²) in [5.41, 5.74) is 3.36. The lowest BCUT2D eigenvalue weighted by molar-refractivity contribution is -0.122. The zero-order valence-electron chi connectivity index (χ0n) is 23.4. The van der Waals surface area contributed by atoms with Gasteiger partial charge >= 0.3 is 0 Å². The highest BCUT2D eigenvalue weighted by Crippen LogP contribution is 2.62. The van der Waals surface area contributed by atoms with Gasteiger partial charge in [-0.05, 0) is 47.9 Å². The monoisotopic (exact) mass is 565 g/mol. The van der Waals surface area contributed by atoms with Gasteiger partial charge in [-0.1, -0.05) is 84.4 Å². The Bertz CT molecular complexity index is 1870. The van der Waals surface area contributed by atoms with Crippen LogP contribution in [0.1, 0.15) is 49.0 Å². The van der Waals surface area contributed by atoms with Crippen molar-refractivity contribution in [2.45, 2.75) is 24.4 Å². The number of rotatable bonds is 6. The maximum Gasteiger partial charge on any atom is 0.238 e. The highest BCUT2D eigenvalue weighted by molar-refractivity contribution is 6.17. The lowest BCUT2D eigenvalue weighted by Gasteiger charge is -2.38. The van der Waals surface area contributed by atoms with Gasteiger partial charge < -0.3 is 15.0 Å². The number of Topliss-reactive ketones (excluding diaryl/α,β-unsaturated/α-hetero) is 2. The number of ether oxygens (including phenoxy) is 1. The Balaban J connectivity index is 1.52. The molecule has 210 valence electrons. The van der Waals surface area contributed by atoms with Gasteiger partial charge in [0.2, 0.25) is 5.91 Å². The molecule has 43 heavy (non-hydrogen) atoms. The summed E-state index contributed by atoms with van der Waals surface area (Å²) >= 11 is 0. The second-order valence-electron chi connectivity index (χ2n) is 11.1. The standard InChI is InChI=1S/C36H27N3O4/c1-22-14-16-24(17-15-22)32(40)30-31(33(41)26-10-4-7-13-29(26)43-21-19-37)39-20-18-23-8-2-3-9-25(23)34(39)36(30)27-11-5-6-12-28(27)38-35(36)42/h2-18,20,30-31,34H,21H2,1H3,(H,38,42). The molecule has 1 N–H and O–H groups in total. The Labute approximate surface area is 249 Å². The van der Waals surface area contributed by atoms with Crippen LogP contribution in [0.4, 0.5) is 5.69 Å². The summed E-state index contributed by atoms with van der Waals surface area (Å²) in [6.45, 7) is 1.71. The topological polar surface area (TPSA) is 99.5 Å². The largest absolute Gasteiger partial charge is 0.478 e. The van der Waals surface area contributed by atoms with Crippen LogP contribution in [-0.2, 0) is 10.2 Å². The van der Waals surface area contributed by atoms with Crippen molar-refractivity contribution >= 4 is 29.2 Å². The molecule has 1 saturated heterocycles. The van der Waals surface area contributed by atoms with Crippen LogP contribution in [0.25, 0.3) is 6.08 Å². The van der Waals surface area contributed by atoms with E-state index in [-0.39, 0.29) is 35.4 Å². The van der Waals surface area contributed by atoms with Crippen LogP contribution >= 0.6 is 0 Å². The number of anilines is 1. The molecular formula is C36H27N3O4. The first kappa shape index (κ1) is 26.4. The highest BCUT2D eigenvalue weighted by atomic mass is 16.5. The van der Waals surface area contributed by atoms with Crippen LogP contribution in [0, 0.1) is 24.2 Å².